The number of nitrogens with one attached hydrogen (secondary N) is 1. The monoisotopic (exact) mass is 357 g/mol. The van der Waals surface area contributed by atoms with Gasteiger partial charge in [-0.1, -0.05) is 18.2 Å². The average Bonchev–Trinajstić information content (AvgIpc) is 2.93. The number of carbonyl (C=O) groups excluding carboxylic acids is 1. The molecule has 1 N–H and O–H groups in total. The number of pyridine rings is 1. The number of carbonyl (C=O) groups is 1. The van der Waals surface area contributed by atoms with E-state index in [9.17, 15) is 13.2 Å². The van der Waals surface area contributed by atoms with E-state index in [0.717, 1.165) is 5.52 Å². The van der Waals surface area contributed by atoms with Gasteiger partial charge in [0.2, 0.25) is 10.0 Å². The maximum atomic E-state index is 12.6. The first-order valence-corrected chi connectivity index (χ1v) is 9.19. The van der Waals surface area contributed by atoms with Crippen molar-refractivity contribution < 1.29 is 17.9 Å². The summed E-state index contributed by atoms with van der Waals surface area (Å²) in [4.78, 5) is 12.6. The van der Waals surface area contributed by atoms with Crippen LogP contribution in [0, 0.1) is 11.3 Å². The molecule has 1 aromatic carbocycles. The zero-order valence-corrected chi connectivity index (χ0v) is 14.2. The number of amides is 1. The Morgan fingerprint density at radius 1 is 1.24 bits per heavy atom. The summed E-state index contributed by atoms with van der Waals surface area (Å²) in [5.74, 6) is -0.386. The Morgan fingerprint density at radius 3 is 2.72 bits per heavy atom. The Labute approximate surface area is 144 Å². The molecular weight excluding hydrogens is 342 g/mol. The molecule has 8 heteroatoms. The number of hydrogen-bond donors (Lipinski definition) is 1. The Hall–Kier alpha value is -3.05. The van der Waals surface area contributed by atoms with Gasteiger partial charge in [0.25, 0.3) is 5.91 Å². The fourth-order valence-corrected chi connectivity index (χ4v) is 3.15. The number of rotatable bonds is 5. The second kappa shape index (κ2) is 6.45. The van der Waals surface area contributed by atoms with E-state index in [2.05, 4.69) is 4.72 Å². The number of ether oxygens (including phenoxy) is 1. The molecule has 0 unspecified atom stereocenters. The van der Waals surface area contributed by atoms with Crippen LogP contribution >= 0.6 is 0 Å². The molecule has 2 heterocycles. The van der Waals surface area contributed by atoms with Crippen LogP contribution in [0.3, 0.4) is 0 Å². The van der Waals surface area contributed by atoms with E-state index < -0.39 is 15.9 Å². The summed E-state index contributed by atoms with van der Waals surface area (Å²) in [6.45, 7) is 1.37. The Bertz CT molecular complexity index is 1110. The molecule has 0 fully saturated rings. The van der Waals surface area contributed by atoms with Crippen molar-refractivity contribution in [1.82, 2.24) is 9.12 Å². The third-order valence-corrected chi connectivity index (χ3v) is 5.03. The summed E-state index contributed by atoms with van der Waals surface area (Å²) in [6, 6.07) is 12.4. The molecule has 0 aliphatic heterocycles. The van der Waals surface area contributed by atoms with Crippen LogP contribution < -0.4 is 9.46 Å². The molecule has 1 amide bonds. The number of hydrogen-bond acceptors (Lipinski definition) is 5. The van der Waals surface area contributed by atoms with Gasteiger partial charge in [-0.05, 0) is 25.1 Å². The summed E-state index contributed by atoms with van der Waals surface area (Å²) in [5, 5.41) is 9.26. The summed E-state index contributed by atoms with van der Waals surface area (Å²) in [6.07, 6.45) is 1.67. The number of para-hydroxylation sites is 1. The summed E-state index contributed by atoms with van der Waals surface area (Å²) in [7, 11) is -3.67. The molecule has 0 saturated heterocycles. The van der Waals surface area contributed by atoms with E-state index in [0.29, 0.717) is 16.7 Å². The van der Waals surface area contributed by atoms with Crippen molar-refractivity contribution in [1.29, 1.82) is 5.26 Å². The van der Waals surface area contributed by atoms with E-state index in [-0.39, 0.29) is 17.9 Å². The maximum Gasteiger partial charge on any atom is 0.267 e. The lowest BCUT2D eigenvalue weighted by atomic mass is 10.1. The average molecular weight is 357 g/mol. The van der Waals surface area contributed by atoms with Crippen LogP contribution in [0.4, 0.5) is 0 Å². The van der Waals surface area contributed by atoms with Gasteiger partial charge in [-0.25, -0.2) is 13.1 Å². The van der Waals surface area contributed by atoms with Crippen LogP contribution in [0.5, 0.6) is 5.75 Å². The zero-order valence-electron chi connectivity index (χ0n) is 13.4. The van der Waals surface area contributed by atoms with Gasteiger partial charge in [0.15, 0.2) is 6.61 Å². The zero-order chi connectivity index (χ0) is 18.0. The molecule has 3 aromatic rings. The van der Waals surface area contributed by atoms with Crippen LogP contribution in [0.2, 0.25) is 0 Å². The largest absolute Gasteiger partial charge is 0.477 e. The molecule has 0 radical (unpaired) electrons. The first-order valence-electron chi connectivity index (χ1n) is 7.54. The van der Waals surface area contributed by atoms with Gasteiger partial charge in [-0.15, -0.1) is 0 Å². The number of sulfonamides is 1. The molecule has 0 aliphatic carbocycles. The standard InChI is InChI=1S/C17H15N3O4S/c1-2-25(22,23)19-17(21)16-13-5-3-4-6-14(13)20-11-12(24-10-9-18)7-8-15(16)20/h3-8,11H,2,10H2,1H3,(H,19,21). The lowest BCUT2D eigenvalue weighted by molar-refractivity contribution is 0.0984. The second-order valence-electron chi connectivity index (χ2n) is 5.29. The van der Waals surface area contributed by atoms with Crippen molar-refractivity contribution >= 4 is 32.4 Å². The number of fused-ring (bicyclic) bond motifs is 3. The summed E-state index contributed by atoms with van der Waals surface area (Å²) in [5.41, 5.74) is 1.56. The molecular formula is C17H15N3O4S. The number of nitrogens with zero attached hydrogens (tertiary/aromatic N) is 2. The highest BCUT2D eigenvalue weighted by Crippen LogP contribution is 2.28. The molecule has 0 saturated carbocycles. The van der Waals surface area contributed by atoms with Gasteiger partial charge in [-0.3, -0.25) is 4.79 Å². The molecule has 0 bridgehead atoms. The van der Waals surface area contributed by atoms with Gasteiger partial charge in [-0.2, -0.15) is 5.26 Å². The third kappa shape index (κ3) is 3.14. The van der Waals surface area contributed by atoms with Crippen molar-refractivity contribution in [2.45, 2.75) is 6.92 Å². The minimum Gasteiger partial charge on any atom is -0.477 e. The molecule has 128 valence electrons. The predicted molar refractivity (Wildman–Crippen MR) is 92.9 cm³/mol. The molecule has 3 rings (SSSR count). The SMILES string of the molecule is CCS(=O)(=O)NC(=O)c1c2ccccc2n2cc(OCC#N)ccc12. The highest BCUT2D eigenvalue weighted by Gasteiger charge is 2.21. The Kier molecular flexibility index (Phi) is 4.33. The molecule has 7 nitrogen and oxygen atoms in total. The van der Waals surface area contributed by atoms with E-state index in [4.69, 9.17) is 10.00 Å². The predicted octanol–water partition coefficient (Wildman–Crippen LogP) is 2.07. The second-order valence-corrected chi connectivity index (χ2v) is 7.30. The van der Waals surface area contributed by atoms with Crippen molar-refractivity contribution in [3.63, 3.8) is 0 Å². The topological polar surface area (TPSA) is 101 Å². The molecule has 0 aliphatic rings. The van der Waals surface area contributed by atoms with Gasteiger partial charge in [0.1, 0.15) is 11.8 Å². The van der Waals surface area contributed by atoms with Crippen molar-refractivity contribution in [3.8, 4) is 11.8 Å². The molecule has 0 atom stereocenters. The van der Waals surface area contributed by atoms with Crippen molar-refractivity contribution in [2.75, 3.05) is 12.4 Å². The third-order valence-electron chi connectivity index (χ3n) is 3.77. The van der Waals surface area contributed by atoms with E-state index in [1.54, 1.807) is 34.9 Å². The molecule has 0 spiro atoms. The van der Waals surface area contributed by atoms with Crippen LogP contribution in [0.1, 0.15) is 17.3 Å². The first-order chi connectivity index (χ1) is 12.0. The maximum absolute atomic E-state index is 12.6. The lowest BCUT2D eigenvalue weighted by Crippen LogP contribution is -2.31. The van der Waals surface area contributed by atoms with E-state index >= 15 is 0 Å². The fourth-order valence-electron chi connectivity index (χ4n) is 2.62. The summed E-state index contributed by atoms with van der Waals surface area (Å²) >= 11 is 0. The summed E-state index contributed by atoms with van der Waals surface area (Å²) < 4.78 is 32.7. The number of aromatic nitrogens is 1. The van der Waals surface area contributed by atoms with E-state index in [1.165, 1.54) is 6.92 Å². The van der Waals surface area contributed by atoms with Crippen molar-refractivity contribution in [3.05, 3.63) is 48.2 Å². The normalized spacial score (nSPS) is 11.4. The minimum absolute atomic E-state index is 0.0905. The smallest absolute Gasteiger partial charge is 0.267 e. The quantitative estimate of drug-likeness (QED) is 0.753. The van der Waals surface area contributed by atoms with Crippen LogP contribution in [0.15, 0.2) is 42.6 Å². The van der Waals surface area contributed by atoms with E-state index in [1.807, 2.05) is 18.2 Å². The first kappa shape index (κ1) is 16.8. The van der Waals surface area contributed by atoms with Crippen molar-refractivity contribution in [2.24, 2.45) is 0 Å². The van der Waals surface area contributed by atoms with Gasteiger partial charge in [0, 0.05) is 5.39 Å². The number of nitriles is 1. The number of benzene rings is 1. The van der Waals surface area contributed by atoms with Gasteiger partial charge in [0.05, 0.1) is 28.5 Å². The highest BCUT2D eigenvalue weighted by atomic mass is 32.2. The Balaban J connectivity index is 2.20. The van der Waals surface area contributed by atoms with Crippen LogP contribution in [0.25, 0.3) is 16.4 Å². The van der Waals surface area contributed by atoms with Gasteiger partial charge >= 0.3 is 0 Å². The van der Waals surface area contributed by atoms with Crippen LogP contribution in [-0.4, -0.2) is 31.1 Å². The molecule has 25 heavy (non-hydrogen) atoms. The lowest BCUT2D eigenvalue weighted by Gasteiger charge is -2.06. The fraction of sp³-hybridized carbons (Fsp3) is 0.176. The minimum atomic E-state index is -3.67. The molecule has 2 aromatic heterocycles. The van der Waals surface area contributed by atoms with Crippen LogP contribution in [-0.2, 0) is 10.0 Å². The highest BCUT2D eigenvalue weighted by molar-refractivity contribution is 7.90. The Morgan fingerprint density at radius 2 is 2.00 bits per heavy atom. The van der Waals surface area contributed by atoms with Gasteiger partial charge < -0.3 is 9.14 Å².